The van der Waals surface area contributed by atoms with Crippen molar-refractivity contribution in [2.45, 2.75) is 18.8 Å². The van der Waals surface area contributed by atoms with E-state index in [1.54, 1.807) is 19.5 Å². The van der Waals surface area contributed by atoms with Crippen LogP contribution in [0.2, 0.25) is 0 Å². The van der Waals surface area contributed by atoms with Crippen LogP contribution in [-0.2, 0) is 9.53 Å². The standard InChI is InChI=1S/C9H14N2O3/c1-14-5-2-7(6-8(12)13)9-10-3-4-11-9/h3-4,7H,2,5-6H2,1H3,(H,10,11)(H,12,13). The third-order valence-electron chi connectivity index (χ3n) is 2.00. The summed E-state index contributed by atoms with van der Waals surface area (Å²) in [5.41, 5.74) is 0. The fraction of sp³-hybridized carbons (Fsp3) is 0.556. The van der Waals surface area contributed by atoms with E-state index in [-0.39, 0.29) is 12.3 Å². The Morgan fingerprint density at radius 1 is 1.79 bits per heavy atom. The second kappa shape index (κ2) is 5.39. The van der Waals surface area contributed by atoms with Crippen LogP contribution in [0.15, 0.2) is 12.4 Å². The number of H-pyrrole nitrogens is 1. The minimum Gasteiger partial charge on any atom is -0.481 e. The van der Waals surface area contributed by atoms with Crippen LogP contribution in [0.3, 0.4) is 0 Å². The minimum absolute atomic E-state index is 0.0802. The Balaban J connectivity index is 2.57. The molecule has 1 aromatic rings. The van der Waals surface area contributed by atoms with Gasteiger partial charge in [0.2, 0.25) is 0 Å². The maximum Gasteiger partial charge on any atom is 0.304 e. The fourth-order valence-corrected chi connectivity index (χ4v) is 1.31. The van der Waals surface area contributed by atoms with Gasteiger partial charge in [0.15, 0.2) is 0 Å². The summed E-state index contributed by atoms with van der Waals surface area (Å²) in [6, 6.07) is 0. The highest BCUT2D eigenvalue weighted by Crippen LogP contribution is 2.19. The number of aromatic nitrogens is 2. The number of methoxy groups -OCH3 is 1. The Labute approximate surface area is 82.1 Å². The lowest BCUT2D eigenvalue weighted by atomic mass is 10.0. The molecule has 1 aromatic heterocycles. The van der Waals surface area contributed by atoms with Gasteiger partial charge in [-0.2, -0.15) is 0 Å². The molecule has 0 aliphatic rings. The van der Waals surface area contributed by atoms with Gasteiger partial charge in [0.05, 0.1) is 6.42 Å². The summed E-state index contributed by atoms with van der Waals surface area (Å²) in [4.78, 5) is 17.6. The van der Waals surface area contributed by atoms with E-state index in [1.165, 1.54) is 0 Å². The summed E-state index contributed by atoms with van der Waals surface area (Å²) < 4.78 is 4.92. The Morgan fingerprint density at radius 3 is 3.07 bits per heavy atom. The highest BCUT2D eigenvalue weighted by molar-refractivity contribution is 5.67. The van der Waals surface area contributed by atoms with E-state index in [1.807, 2.05) is 0 Å². The molecule has 1 unspecified atom stereocenters. The van der Waals surface area contributed by atoms with Gasteiger partial charge in [-0.15, -0.1) is 0 Å². The van der Waals surface area contributed by atoms with Gasteiger partial charge in [0.1, 0.15) is 5.82 Å². The SMILES string of the molecule is COCCC(CC(=O)O)c1ncc[nH]1. The molecule has 0 spiro atoms. The number of nitrogens with zero attached hydrogens (tertiary/aromatic N) is 1. The van der Waals surface area contributed by atoms with Crippen LogP contribution in [0.5, 0.6) is 0 Å². The molecule has 0 amide bonds. The average Bonchev–Trinajstić information content (AvgIpc) is 2.64. The normalized spacial score (nSPS) is 12.6. The van der Waals surface area contributed by atoms with Crippen molar-refractivity contribution in [2.75, 3.05) is 13.7 Å². The summed E-state index contributed by atoms with van der Waals surface area (Å²) in [6.45, 7) is 0.540. The summed E-state index contributed by atoms with van der Waals surface area (Å²) in [5.74, 6) is -0.200. The summed E-state index contributed by atoms with van der Waals surface area (Å²) in [6.07, 6.45) is 4.06. The lowest BCUT2D eigenvalue weighted by molar-refractivity contribution is -0.137. The van der Waals surface area contributed by atoms with Crippen LogP contribution in [0, 0.1) is 0 Å². The van der Waals surface area contributed by atoms with Crippen molar-refractivity contribution in [3.8, 4) is 0 Å². The zero-order chi connectivity index (χ0) is 10.4. The number of carboxylic acids is 1. The van der Waals surface area contributed by atoms with Gasteiger partial charge in [0.25, 0.3) is 0 Å². The van der Waals surface area contributed by atoms with Crippen LogP contribution in [-0.4, -0.2) is 34.8 Å². The number of nitrogens with one attached hydrogen (secondary N) is 1. The molecule has 1 heterocycles. The molecule has 5 nitrogen and oxygen atoms in total. The number of hydrogen-bond donors (Lipinski definition) is 2. The first-order valence-corrected chi connectivity index (χ1v) is 4.44. The van der Waals surface area contributed by atoms with Crippen molar-refractivity contribution in [3.63, 3.8) is 0 Å². The molecular formula is C9H14N2O3. The van der Waals surface area contributed by atoms with Gasteiger partial charge in [-0.1, -0.05) is 0 Å². The smallest absolute Gasteiger partial charge is 0.304 e. The van der Waals surface area contributed by atoms with Gasteiger partial charge in [-0.25, -0.2) is 4.98 Å². The molecule has 0 saturated heterocycles. The molecule has 0 radical (unpaired) electrons. The molecule has 5 heteroatoms. The molecule has 14 heavy (non-hydrogen) atoms. The molecule has 0 aromatic carbocycles. The van der Waals surface area contributed by atoms with Crippen LogP contribution < -0.4 is 0 Å². The number of rotatable bonds is 6. The third kappa shape index (κ3) is 3.18. The van der Waals surface area contributed by atoms with Crippen LogP contribution in [0.4, 0.5) is 0 Å². The van der Waals surface area contributed by atoms with Gasteiger partial charge in [0, 0.05) is 32.0 Å². The van der Waals surface area contributed by atoms with E-state index in [2.05, 4.69) is 9.97 Å². The lowest BCUT2D eigenvalue weighted by Crippen LogP contribution is -2.10. The molecule has 0 aliphatic heterocycles. The largest absolute Gasteiger partial charge is 0.481 e. The second-order valence-corrected chi connectivity index (χ2v) is 3.05. The summed E-state index contributed by atoms with van der Waals surface area (Å²) >= 11 is 0. The Kier molecular flexibility index (Phi) is 4.12. The second-order valence-electron chi connectivity index (χ2n) is 3.05. The topological polar surface area (TPSA) is 75.2 Å². The zero-order valence-electron chi connectivity index (χ0n) is 8.06. The first-order valence-electron chi connectivity index (χ1n) is 4.44. The van der Waals surface area contributed by atoms with E-state index in [0.29, 0.717) is 18.9 Å². The number of hydrogen-bond acceptors (Lipinski definition) is 3. The quantitative estimate of drug-likeness (QED) is 0.715. The highest BCUT2D eigenvalue weighted by Gasteiger charge is 2.17. The predicted octanol–water partition coefficient (Wildman–Crippen LogP) is 1.00. The van der Waals surface area contributed by atoms with E-state index >= 15 is 0 Å². The number of imidazole rings is 1. The predicted molar refractivity (Wildman–Crippen MR) is 50.1 cm³/mol. The van der Waals surface area contributed by atoms with E-state index in [4.69, 9.17) is 9.84 Å². The van der Waals surface area contributed by atoms with E-state index < -0.39 is 5.97 Å². The van der Waals surface area contributed by atoms with Crippen LogP contribution in [0.1, 0.15) is 24.6 Å². The van der Waals surface area contributed by atoms with Gasteiger partial charge >= 0.3 is 5.97 Å². The molecule has 0 bridgehead atoms. The van der Waals surface area contributed by atoms with E-state index in [0.717, 1.165) is 0 Å². The van der Waals surface area contributed by atoms with Gasteiger partial charge in [-0.05, 0) is 6.42 Å². The lowest BCUT2D eigenvalue weighted by Gasteiger charge is -2.10. The number of ether oxygens (including phenoxy) is 1. The van der Waals surface area contributed by atoms with Crippen molar-refractivity contribution in [2.24, 2.45) is 0 Å². The van der Waals surface area contributed by atoms with Crippen LogP contribution in [0.25, 0.3) is 0 Å². The highest BCUT2D eigenvalue weighted by atomic mass is 16.5. The zero-order valence-corrected chi connectivity index (χ0v) is 8.06. The van der Waals surface area contributed by atoms with E-state index in [9.17, 15) is 4.79 Å². The average molecular weight is 198 g/mol. The first-order chi connectivity index (χ1) is 6.74. The molecule has 1 atom stereocenters. The molecule has 2 N–H and O–H groups in total. The molecule has 0 aliphatic carbocycles. The third-order valence-corrected chi connectivity index (χ3v) is 2.00. The Bertz CT molecular complexity index is 272. The Morgan fingerprint density at radius 2 is 2.57 bits per heavy atom. The van der Waals surface area contributed by atoms with Gasteiger partial charge in [-0.3, -0.25) is 4.79 Å². The molecule has 78 valence electrons. The number of aromatic amines is 1. The molecular weight excluding hydrogens is 184 g/mol. The van der Waals surface area contributed by atoms with Gasteiger partial charge < -0.3 is 14.8 Å². The van der Waals surface area contributed by atoms with Crippen LogP contribution >= 0.6 is 0 Å². The maximum atomic E-state index is 10.6. The maximum absolute atomic E-state index is 10.6. The number of carbonyl (C=O) groups is 1. The summed E-state index contributed by atoms with van der Waals surface area (Å²) in [7, 11) is 1.60. The van der Waals surface area contributed by atoms with Crippen molar-refractivity contribution in [3.05, 3.63) is 18.2 Å². The van der Waals surface area contributed by atoms with Crippen molar-refractivity contribution >= 4 is 5.97 Å². The monoisotopic (exact) mass is 198 g/mol. The van der Waals surface area contributed by atoms with Crippen molar-refractivity contribution < 1.29 is 14.6 Å². The first kappa shape index (κ1) is 10.7. The minimum atomic E-state index is -0.817. The number of carboxylic acid groups (broad SMARTS) is 1. The van der Waals surface area contributed by atoms with Crippen molar-refractivity contribution in [1.29, 1.82) is 0 Å². The Hall–Kier alpha value is -1.36. The molecule has 0 fully saturated rings. The molecule has 1 rings (SSSR count). The van der Waals surface area contributed by atoms with Crippen molar-refractivity contribution in [1.82, 2.24) is 9.97 Å². The molecule has 0 saturated carbocycles. The number of aliphatic carboxylic acids is 1. The fourth-order valence-electron chi connectivity index (χ4n) is 1.31. The summed E-state index contributed by atoms with van der Waals surface area (Å²) in [5, 5.41) is 8.70.